The van der Waals surface area contributed by atoms with E-state index >= 15 is 0 Å². The van der Waals surface area contributed by atoms with Gasteiger partial charge in [0.05, 0.1) is 19.7 Å². The van der Waals surface area contributed by atoms with Gasteiger partial charge < -0.3 is 20.7 Å². The molecule has 0 saturated carbocycles. The molecule has 0 aromatic heterocycles. The molecular weight excluding hydrogens is 354 g/mol. The topological polar surface area (TPSA) is 74.8 Å². The second-order valence-electron chi connectivity index (χ2n) is 5.93. The van der Waals surface area contributed by atoms with E-state index in [-0.39, 0.29) is 18.0 Å². The predicted molar refractivity (Wildman–Crippen MR) is 97.9 cm³/mol. The lowest BCUT2D eigenvalue weighted by Gasteiger charge is -2.14. The van der Waals surface area contributed by atoms with E-state index in [9.17, 15) is 13.6 Å². The Labute approximate surface area is 155 Å². The van der Waals surface area contributed by atoms with Gasteiger partial charge in [0.15, 0.2) is 5.96 Å². The average Bonchev–Trinajstić information content (AvgIpc) is 3.13. The summed E-state index contributed by atoms with van der Waals surface area (Å²) >= 11 is 0. The van der Waals surface area contributed by atoms with E-state index in [1.807, 2.05) is 0 Å². The largest absolute Gasteiger partial charge is 0.497 e. The minimum Gasteiger partial charge on any atom is -0.497 e. The van der Waals surface area contributed by atoms with Crippen LogP contribution in [0.15, 0.2) is 47.5 Å². The van der Waals surface area contributed by atoms with Crippen molar-refractivity contribution in [3.05, 3.63) is 65.2 Å². The highest BCUT2D eigenvalue weighted by atomic mass is 19.1. The van der Waals surface area contributed by atoms with Gasteiger partial charge in [-0.15, -0.1) is 0 Å². The van der Waals surface area contributed by atoms with E-state index in [0.717, 1.165) is 0 Å². The van der Waals surface area contributed by atoms with Gasteiger partial charge in [-0.05, 0) is 36.4 Å². The first-order valence-corrected chi connectivity index (χ1v) is 8.49. The number of benzene rings is 2. The van der Waals surface area contributed by atoms with Crippen LogP contribution in [0, 0.1) is 11.6 Å². The maximum atomic E-state index is 13.8. The highest BCUT2D eigenvalue weighted by Crippen LogP contribution is 2.23. The van der Waals surface area contributed by atoms with Gasteiger partial charge in [-0.25, -0.2) is 8.78 Å². The van der Waals surface area contributed by atoms with Crippen LogP contribution in [0.1, 0.15) is 22.0 Å². The summed E-state index contributed by atoms with van der Waals surface area (Å²) < 4.78 is 32.7. The molecule has 142 valence electrons. The van der Waals surface area contributed by atoms with Gasteiger partial charge >= 0.3 is 0 Å². The molecule has 0 saturated heterocycles. The van der Waals surface area contributed by atoms with Crippen molar-refractivity contribution in [2.24, 2.45) is 4.99 Å². The van der Waals surface area contributed by atoms with Crippen molar-refractivity contribution in [1.82, 2.24) is 16.0 Å². The van der Waals surface area contributed by atoms with Gasteiger partial charge in [0.1, 0.15) is 17.4 Å². The van der Waals surface area contributed by atoms with Gasteiger partial charge in [-0.3, -0.25) is 9.79 Å². The number of carbonyl (C=O) groups is 1. The molecule has 3 rings (SSSR count). The van der Waals surface area contributed by atoms with Crippen molar-refractivity contribution in [1.29, 1.82) is 0 Å². The molecule has 0 aliphatic carbocycles. The number of nitrogens with one attached hydrogen (secondary N) is 3. The third-order valence-electron chi connectivity index (χ3n) is 4.15. The number of ether oxygens (including phenoxy) is 1. The zero-order valence-corrected chi connectivity index (χ0v) is 14.8. The number of amides is 1. The van der Waals surface area contributed by atoms with E-state index in [1.165, 1.54) is 18.2 Å². The smallest absolute Gasteiger partial charge is 0.251 e. The summed E-state index contributed by atoms with van der Waals surface area (Å²) in [5.41, 5.74) is 0.507. The summed E-state index contributed by atoms with van der Waals surface area (Å²) in [4.78, 5) is 16.2. The minimum atomic E-state index is -0.601. The Kier molecular flexibility index (Phi) is 5.85. The van der Waals surface area contributed by atoms with Crippen molar-refractivity contribution in [3.63, 3.8) is 0 Å². The minimum absolute atomic E-state index is 0.0224. The Morgan fingerprint density at radius 1 is 1.19 bits per heavy atom. The maximum absolute atomic E-state index is 13.8. The second kappa shape index (κ2) is 8.48. The summed E-state index contributed by atoms with van der Waals surface area (Å²) in [7, 11) is 1.56. The van der Waals surface area contributed by atoms with E-state index in [4.69, 9.17) is 4.74 Å². The lowest BCUT2D eigenvalue weighted by molar-refractivity contribution is 0.0954. The summed E-state index contributed by atoms with van der Waals surface area (Å²) in [6.45, 7) is 1.02. The first-order valence-electron chi connectivity index (χ1n) is 8.49. The lowest BCUT2D eigenvalue weighted by Crippen LogP contribution is -2.40. The molecule has 1 atom stereocenters. The molecule has 1 unspecified atom stereocenters. The van der Waals surface area contributed by atoms with E-state index in [0.29, 0.717) is 30.4 Å². The molecular formula is C19H20F2N4O2. The fourth-order valence-electron chi connectivity index (χ4n) is 2.75. The number of hydrogen-bond donors (Lipinski definition) is 3. The third kappa shape index (κ3) is 4.52. The van der Waals surface area contributed by atoms with E-state index in [2.05, 4.69) is 20.9 Å². The van der Waals surface area contributed by atoms with Crippen LogP contribution in [0.5, 0.6) is 5.75 Å². The number of aliphatic imine (C=N–C) groups is 1. The molecule has 1 aliphatic heterocycles. The summed E-state index contributed by atoms with van der Waals surface area (Å²) in [6.07, 6.45) is 0. The lowest BCUT2D eigenvalue weighted by atomic mass is 10.1. The fourth-order valence-corrected chi connectivity index (χ4v) is 2.75. The highest BCUT2D eigenvalue weighted by molar-refractivity contribution is 5.94. The first kappa shape index (κ1) is 18.6. The Balaban J connectivity index is 1.43. The summed E-state index contributed by atoms with van der Waals surface area (Å²) in [5, 5.41) is 8.73. The van der Waals surface area contributed by atoms with Crippen LogP contribution < -0.4 is 20.7 Å². The molecule has 6 nitrogen and oxygen atoms in total. The standard InChI is InChI=1S/C19H20F2N4O2/c1-27-13-7-5-12(6-8-13)18(26)22-9-10-23-19-24-11-16(25-19)17-14(20)3-2-4-15(17)21/h2-8,16H,9-11H2,1H3,(H,22,26)(H2,23,24,25). The number of rotatable bonds is 6. The molecule has 0 bridgehead atoms. The molecule has 3 N–H and O–H groups in total. The Hall–Kier alpha value is -3.16. The predicted octanol–water partition coefficient (Wildman–Crippen LogP) is 1.99. The SMILES string of the molecule is COc1ccc(C(=O)NCCNC2=NCC(c3c(F)cccc3F)N2)cc1. The van der Waals surface area contributed by atoms with Gasteiger partial charge in [0.25, 0.3) is 5.91 Å². The molecule has 1 aliphatic rings. The highest BCUT2D eigenvalue weighted by Gasteiger charge is 2.24. The van der Waals surface area contributed by atoms with Gasteiger partial charge in [0, 0.05) is 24.2 Å². The monoisotopic (exact) mass is 374 g/mol. The first-order chi connectivity index (χ1) is 13.1. The molecule has 1 heterocycles. The Bertz CT molecular complexity index is 820. The van der Waals surface area contributed by atoms with Crippen LogP contribution in [0.2, 0.25) is 0 Å². The Morgan fingerprint density at radius 2 is 1.89 bits per heavy atom. The number of hydrogen-bond acceptors (Lipinski definition) is 5. The van der Waals surface area contributed by atoms with Crippen LogP contribution in [0.4, 0.5) is 8.78 Å². The van der Waals surface area contributed by atoms with Crippen molar-refractivity contribution < 1.29 is 18.3 Å². The normalized spacial score (nSPS) is 15.7. The molecule has 2 aromatic rings. The zero-order chi connectivity index (χ0) is 19.2. The molecule has 8 heteroatoms. The van der Waals surface area contributed by atoms with E-state index < -0.39 is 17.7 Å². The quantitative estimate of drug-likeness (QED) is 0.676. The summed E-state index contributed by atoms with van der Waals surface area (Å²) in [5.74, 6) is -0.279. The fraction of sp³-hybridized carbons (Fsp3) is 0.263. The number of carbonyl (C=O) groups excluding carboxylic acids is 1. The zero-order valence-electron chi connectivity index (χ0n) is 14.8. The van der Waals surface area contributed by atoms with Crippen LogP contribution in [0.25, 0.3) is 0 Å². The molecule has 0 spiro atoms. The number of methoxy groups -OCH3 is 1. The van der Waals surface area contributed by atoms with Crippen molar-refractivity contribution in [3.8, 4) is 5.75 Å². The van der Waals surface area contributed by atoms with Gasteiger partial charge in [0.2, 0.25) is 0 Å². The van der Waals surface area contributed by atoms with E-state index in [1.54, 1.807) is 31.4 Å². The summed E-state index contributed by atoms with van der Waals surface area (Å²) in [6, 6.07) is 10.0. The molecule has 27 heavy (non-hydrogen) atoms. The van der Waals surface area contributed by atoms with Crippen molar-refractivity contribution in [2.75, 3.05) is 26.7 Å². The number of nitrogens with zero attached hydrogens (tertiary/aromatic N) is 1. The molecule has 0 radical (unpaired) electrons. The average molecular weight is 374 g/mol. The van der Waals surface area contributed by atoms with Crippen molar-refractivity contribution >= 4 is 11.9 Å². The Morgan fingerprint density at radius 3 is 2.56 bits per heavy atom. The maximum Gasteiger partial charge on any atom is 0.251 e. The van der Waals surface area contributed by atoms with Crippen molar-refractivity contribution in [2.45, 2.75) is 6.04 Å². The number of halogens is 2. The van der Waals surface area contributed by atoms with Crippen LogP contribution in [-0.4, -0.2) is 38.6 Å². The molecule has 1 amide bonds. The third-order valence-corrected chi connectivity index (χ3v) is 4.15. The van der Waals surface area contributed by atoms with Gasteiger partial charge in [-0.2, -0.15) is 0 Å². The molecule has 2 aromatic carbocycles. The van der Waals surface area contributed by atoms with Gasteiger partial charge in [-0.1, -0.05) is 6.07 Å². The number of guanidine groups is 1. The van der Waals surface area contributed by atoms with Crippen LogP contribution in [0.3, 0.4) is 0 Å². The molecule has 0 fully saturated rings. The van der Waals surface area contributed by atoms with Crippen LogP contribution >= 0.6 is 0 Å². The second-order valence-corrected chi connectivity index (χ2v) is 5.93. The van der Waals surface area contributed by atoms with Crippen LogP contribution in [-0.2, 0) is 0 Å².